The van der Waals surface area contributed by atoms with Crippen molar-refractivity contribution in [2.45, 2.75) is 13.0 Å². The van der Waals surface area contributed by atoms with E-state index in [1.165, 1.54) is 0 Å². The van der Waals surface area contributed by atoms with E-state index in [9.17, 15) is 4.91 Å². The summed E-state index contributed by atoms with van der Waals surface area (Å²) in [6.07, 6.45) is 3.01. The Morgan fingerprint density at radius 1 is 1.38 bits per heavy atom. The zero-order valence-corrected chi connectivity index (χ0v) is 7.34. The largest absolute Gasteiger partial charge is 0.389 e. The quantitative estimate of drug-likeness (QED) is 0.721. The lowest BCUT2D eigenvalue weighted by molar-refractivity contribution is 0.245. The average Bonchev–Trinajstić information content (AvgIpc) is 2.15. The van der Waals surface area contributed by atoms with Crippen LogP contribution in [0.25, 0.3) is 6.08 Å². The van der Waals surface area contributed by atoms with Crippen LogP contribution in [0.2, 0.25) is 0 Å². The molecule has 1 rings (SSSR count). The number of aliphatic hydroxyl groups is 1. The molecule has 0 spiro atoms. The molecule has 0 amide bonds. The Morgan fingerprint density at radius 2 is 2.00 bits per heavy atom. The van der Waals surface area contributed by atoms with Gasteiger partial charge in [0.1, 0.15) is 5.69 Å². The van der Waals surface area contributed by atoms with E-state index in [1.807, 2.05) is 0 Å². The third kappa shape index (κ3) is 3.17. The third-order valence-corrected chi connectivity index (χ3v) is 1.57. The van der Waals surface area contributed by atoms with Gasteiger partial charge in [-0.25, -0.2) is 0 Å². The fraction of sp³-hybridized carbons (Fsp3) is 0.200. The van der Waals surface area contributed by atoms with E-state index in [1.54, 1.807) is 43.3 Å². The highest BCUT2D eigenvalue weighted by Crippen LogP contribution is 2.13. The van der Waals surface area contributed by atoms with E-state index >= 15 is 0 Å². The van der Waals surface area contributed by atoms with Gasteiger partial charge in [0.25, 0.3) is 0 Å². The zero-order valence-electron chi connectivity index (χ0n) is 7.34. The van der Waals surface area contributed by atoms with E-state index in [0.29, 0.717) is 5.69 Å². The summed E-state index contributed by atoms with van der Waals surface area (Å²) in [7, 11) is 0. The highest BCUT2D eigenvalue weighted by Gasteiger charge is 1.91. The molecule has 13 heavy (non-hydrogen) atoms. The van der Waals surface area contributed by atoms with Crippen LogP contribution in [0.15, 0.2) is 35.5 Å². The molecule has 3 heteroatoms. The van der Waals surface area contributed by atoms with Gasteiger partial charge in [0, 0.05) is 0 Å². The Morgan fingerprint density at radius 3 is 2.46 bits per heavy atom. The molecule has 0 radical (unpaired) electrons. The first-order valence-electron chi connectivity index (χ1n) is 4.02. The minimum absolute atomic E-state index is 0.411. The van der Waals surface area contributed by atoms with Crippen molar-refractivity contribution in [3.05, 3.63) is 40.8 Å². The predicted octanol–water partition coefficient (Wildman–Crippen LogP) is 2.48. The van der Waals surface area contributed by atoms with Gasteiger partial charge < -0.3 is 5.11 Å². The lowest BCUT2D eigenvalue weighted by Crippen LogP contribution is -1.90. The number of hydrogen-bond donors (Lipinski definition) is 1. The lowest BCUT2D eigenvalue weighted by Gasteiger charge is -1.95. The Bertz CT molecular complexity index is 301. The molecule has 0 fully saturated rings. The van der Waals surface area contributed by atoms with Crippen molar-refractivity contribution in [1.29, 1.82) is 0 Å². The number of nitroso groups, excluding NO2 is 1. The summed E-state index contributed by atoms with van der Waals surface area (Å²) in [6, 6.07) is 6.81. The second-order valence-corrected chi connectivity index (χ2v) is 2.78. The molecule has 1 aromatic carbocycles. The van der Waals surface area contributed by atoms with Gasteiger partial charge in [-0.3, -0.25) is 0 Å². The van der Waals surface area contributed by atoms with Gasteiger partial charge in [-0.2, -0.15) is 0 Å². The van der Waals surface area contributed by atoms with E-state index in [0.717, 1.165) is 5.56 Å². The van der Waals surface area contributed by atoms with E-state index in [-0.39, 0.29) is 0 Å². The average molecular weight is 177 g/mol. The molecule has 1 atom stereocenters. The van der Waals surface area contributed by atoms with Crippen molar-refractivity contribution in [2.75, 3.05) is 0 Å². The van der Waals surface area contributed by atoms with Crippen LogP contribution in [0.5, 0.6) is 0 Å². The fourth-order valence-electron chi connectivity index (χ4n) is 0.897. The Balaban J connectivity index is 2.75. The van der Waals surface area contributed by atoms with Crippen molar-refractivity contribution in [3.8, 4) is 0 Å². The van der Waals surface area contributed by atoms with E-state index in [4.69, 9.17) is 5.11 Å². The van der Waals surface area contributed by atoms with Gasteiger partial charge in [-0.15, -0.1) is 4.91 Å². The first kappa shape index (κ1) is 9.61. The third-order valence-electron chi connectivity index (χ3n) is 1.57. The van der Waals surface area contributed by atoms with Crippen LogP contribution in [-0.2, 0) is 0 Å². The summed E-state index contributed by atoms with van der Waals surface area (Å²) in [6.45, 7) is 1.68. The maximum absolute atomic E-state index is 10.1. The molecule has 0 saturated carbocycles. The number of hydrogen-bond acceptors (Lipinski definition) is 3. The molecular formula is C10H11NO2. The van der Waals surface area contributed by atoms with Crippen LogP contribution in [-0.4, -0.2) is 11.2 Å². The van der Waals surface area contributed by atoms with Gasteiger partial charge >= 0.3 is 0 Å². The highest BCUT2D eigenvalue weighted by atomic mass is 16.3. The molecule has 0 saturated heterocycles. The Labute approximate surface area is 76.7 Å². The molecule has 0 aliphatic carbocycles. The van der Waals surface area contributed by atoms with E-state index < -0.39 is 6.10 Å². The molecule has 0 heterocycles. The number of nitrogens with zero attached hydrogens (tertiary/aromatic N) is 1. The molecule has 68 valence electrons. The first-order chi connectivity index (χ1) is 6.22. The first-order valence-corrected chi connectivity index (χ1v) is 4.02. The summed E-state index contributed by atoms with van der Waals surface area (Å²) in [4.78, 5) is 10.1. The molecule has 0 aliphatic heterocycles. The summed E-state index contributed by atoms with van der Waals surface area (Å²) in [5.74, 6) is 0. The minimum Gasteiger partial charge on any atom is -0.389 e. The van der Waals surface area contributed by atoms with Crippen molar-refractivity contribution in [1.82, 2.24) is 0 Å². The van der Waals surface area contributed by atoms with Crippen molar-refractivity contribution < 1.29 is 5.11 Å². The van der Waals surface area contributed by atoms with Gasteiger partial charge in [0.05, 0.1) is 6.10 Å². The van der Waals surface area contributed by atoms with Gasteiger partial charge in [-0.1, -0.05) is 24.3 Å². The lowest BCUT2D eigenvalue weighted by atomic mass is 10.2. The van der Waals surface area contributed by atoms with Crippen LogP contribution in [0.3, 0.4) is 0 Å². The Kier molecular flexibility index (Phi) is 3.34. The summed E-state index contributed by atoms with van der Waals surface area (Å²) in [5, 5.41) is 11.7. The smallest absolute Gasteiger partial charge is 0.108 e. The van der Waals surface area contributed by atoms with Crippen LogP contribution in [0.4, 0.5) is 5.69 Å². The van der Waals surface area contributed by atoms with Crippen LogP contribution < -0.4 is 0 Å². The second kappa shape index (κ2) is 4.52. The van der Waals surface area contributed by atoms with Gasteiger partial charge in [0.2, 0.25) is 0 Å². The zero-order chi connectivity index (χ0) is 9.68. The summed E-state index contributed by atoms with van der Waals surface area (Å²) in [5.41, 5.74) is 1.35. The second-order valence-electron chi connectivity index (χ2n) is 2.78. The Hall–Kier alpha value is -1.48. The maximum Gasteiger partial charge on any atom is 0.108 e. The standard InChI is InChI=1S/C10H11NO2/c1-8(12)2-3-9-4-6-10(11-13)7-5-9/h2-8,12H,1H3/b3-2+. The van der Waals surface area contributed by atoms with Gasteiger partial charge in [0.15, 0.2) is 0 Å². The van der Waals surface area contributed by atoms with Crippen LogP contribution >= 0.6 is 0 Å². The predicted molar refractivity (Wildman–Crippen MR) is 52.6 cm³/mol. The minimum atomic E-state index is -0.455. The maximum atomic E-state index is 10.1. The van der Waals surface area contributed by atoms with Crippen molar-refractivity contribution >= 4 is 11.8 Å². The van der Waals surface area contributed by atoms with Crippen LogP contribution in [0, 0.1) is 4.91 Å². The number of benzene rings is 1. The van der Waals surface area contributed by atoms with Crippen molar-refractivity contribution in [2.24, 2.45) is 5.18 Å². The van der Waals surface area contributed by atoms with E-state index in [2.05, 4.69) is 5.18 Å². The molecule has 0 bridgehead atoms. The summed E-state index contributed by atoms with van der Waals surface area (Å²) < 4.78 is 0. The molecular weight excluding hydrogens is 166 g/mol. The number of aliphatic hydroxyl groups excluding tert-OH is 1. The topological polar surface area (TPSA) is 49.7 Å². The number of rotatable bonds is 3. The molecule has 0 aromatic heterocycles. The normalized spacial score (nSPS) is 13.1. The molecule has 3 nitrogen and oxygen atoms in total. The van der Waals surface area contributed by atoms with Crippen molar-refractivity contribution in [3.63, 3.8) is 0 Å². The van der Waals surface area contributed by atoms with Crippen LogP contribution in [0.1, 0.15) is 12.5 Å². The molecule has 1 unspecified atom stereocenters. The monoisotopic (exact) mass is 177 g/mol. The summed E-state index contributed by atoms with van der Waals surface area (Å²) >= 11 is 0. The SMILES string of the molecule is CC(O)/C=C/c1ccc(N=O)cc1. The molecule has 1 aromatic rings. The highest BCUT2D eigenvalue weighted by molar-refractivity contribution is 5.53. The van der Waals surface area contributed by atoms with Gasteiger partial charge in [-0.05, 0) is 29.8 Å². The fourth-order valence-corrected chi connectivity index (χ4v) is 0.897. The molecule has 1 N–H and O–H groups in total. The molecule has 0 aliphatic rings.